The highest BCUT2D eigenvalue weighted by molar-refractivity contribution is 5.83. The van der Waals surface area contributed by atoms with Gasteiger partial charge in [0.2, 0.25) is 0 Å². The molecule has 0 N–H and O–H groups in total. The number of Topliss-reactive ketones (excluding diaryl/α,β-unsaturated/α-hetero) is 1. The molecule has 2 fully saturated rings. The van der Waals surface area contributed by atoms with Crippen molar-refractivity contribution < 1.29 is 4.79 Å². The van der Waals surface area contributed by atoms with Crippen molar-refractivity contribution in [2.45, 2.75) is 58.4 Å². The number of carbonyl (C=O) groups excluding carboxylic acids is 1. The van der Waals surface area contributed by atoms with Crippen LogP contribution in [0.15, 0.2) is 0 Å². The van der Waals surface area contributed by atoms with Crippen LogP contribution in [0.2, 0.25) is 0 Å². The van der Waals surface area contributed by atoms with Crippen LogP contribution in [0.25, 0.3) is 0 Å². The Kier molecular flexibility index (Phi) is 4.01. The van der Waals surface area contributed by atoms with E-state index in [9.17, 15) is 4.79 Å². The summed E-state index contributed by atoms with van der Waals surface area (Å²) in [6.45, 7) is 6.42. The molecule has 92 valence electrons. The maximum Gasteiger partial charge on any atom is 0.149 e. The third-order valence-electron chi connectivity index (χ3n) is 4.42. The Labute approximate surface area is 99.4 Å². The highest BCUT2D eigenvalue weighted by Gasteiger charge is 2.28. The molecule has 1 aliphatic carbocycles. The summed E-state index contributed by atoms with van der Waals surface area (Å²) in [5.74, 6) is 1.68. The number of rotatable bonds is 3. The van der Waals surface area contributed by atoms with Crippen molar-refractivity contribution >= 4 is 5.78 Å². The van der Waals surface area contributed by atoms with Gasteiger partial charge in [-0.25, -0.2) is 0 Å². The van der Waals surface area contributed by atoms with Crippen LogP contribution in [-0.4, -0.2) is 29.8 Å². The number of piperidine rings is 1. The fourth-order valence-corrected chi connectivity index (χ4v) is 3.18. The van der Waals surface area contributed by atoms with Crippen LogP contribution in [0.5, 0.6) is 0 Å². The lowest BCUT2D eigenvalue weighted by Gasteiger charge is -2.36. The molecule has 2 atom stereocenters. The van der Waals surface area contributed by atoms with Gasteiger partial charge in [0.15, 0.2) is 0 Å². The van der Waals surface area contributed by atoms with Gasteiger partial charge in [0.1, 0.15) is 5.78 Å². The van der Waals surface area contributed by atoms with Gasteiger partial charge in [0.05, 0.1) is 6.54 Å². The van der Waals surface area contributed by atoms with Crippen LogP contribution in [0.3, 0.4) is 0 Å². The smallest absolute Gasteiger partial charge is 0.149 e. The van der Waals surface area contributed by atoms with Crippen molar-refractivity contribution in [3.8, 4) is 0 Å². The van der Waals surface area contributed by atoms with Gasteiger partial charge in [-0.15, -0.1) is 0 Å². The number of likely N-dealkylation sites (tertiary alicyclic amines) is 1. The first-order valence-electron chi connectivity index (χ1n) is 6.93. The lowest BCUT2D eigenvalue weighted by atomic mass is 9.93. The second-order valence-electron chi connectivity index (χ2n) is 5.91. The Morgan fingerprint density at radius 2 is 1.81 bits per heavy atom. The molecule has 0 spiro atoms. The molecule has 2 aliphatic rings. The molecule has 2 nitrogen and oxygen atoms in total. The quantitative estimate of drug-likeness (QED) is 0.733. The van der Waals surface area contributed by atoms with Gasteiger partial charge >= 0.3 is 0 Å². The molecule has 1 saturated heterocycles. The van der Waals surface area contributed by atoms with Crippen molar-refractivity contribution in [3.05, 3.63) is 0 Å². The first kappa shape index (κ1) is 12.1. The van der Waals surface area contributed by atoms with E-state index < -0.39 is 0 Å². The van der Waals surface area contributed by atoms with Crippen molar-refractivity contribution in [3.63, 3.8) is 0 Å². The molecule has 16 heavy (non-hydrogen) atoms. The Morgan fingerprint density at radius 1 is 1.12 bits per heavy atom. The summed E-state index contributed by atoms with van der Waals surface area (Å²) in [6.07, 6.45) is 7.42. The summed E-state index contributed by atoms with van der Waals surface area (Å²) in [5, 5.41) is 0. The van der Waals surface area contributed by atoms with Crippen molar-refractivity contribution in [1.29, 1.82) is 0 Å². The van der Waals surface area contributed by atoms with E-state index >= 15 is 0 Å². The van der Waals surface area contributed by atoms with E-state index in [0.717, 1.165) is 31.8 Å². The van der Waals surface area contributed by atoms with Crippen LogP contribution >= 0.6 is 0 Å². The molecule has 1 saturated carbocycles. The Morgan fingerprint density at radius 3 is 2.50 bits per heavy atom. The minimum absolute atomic E-state index is 0.393. The lowest BCUT2D eigenvalue weighted by molar-refractivity contribution is -0.124. The van der Waals surface area contributed by atoms with Crippen LogP contribution in [0.4, 0.5) is 0 Å². The molecular formula is C14H25NO. The molecule has 2 rings (SSSR count). The zero-order valence-corrected chi connectivity index (χ0v) is 10.7. The van der Waals surface area contributed by atoms with Crippen LogP contribution in [0.1, 0.15) is 52.4 Å². The van der Waals surface area contributed by atoms with Gasteiger partial charge in [-0.05, 0) is 38.5 Å². The minimum atomic E-state index is 0.393. The first-order valence-corrected chi connectivity index (χ1v) is 6.93. The van der Waals surface area contributed by atoms with Gasteiger partial charge in [0.25, 0.3) is 0 Å². The molecule has 1 aliphatic heterocycles. The number of carbonyl (C=O) groups is 1. The molecule has 2 unspecified atom stereocenters. The van der Waals surface area contributed by atoms with E-state index in [4.69, 9.17) is 0 Å². The van der Waals surface area contributed by atoms with Crippen LogP contribution in [0, 0.1) is 11.8 Å². The molecule has 2 heteroatoms. The SMILES string of the molecule is CC1CCC(C)N(CC(=O)C2CCCC2)C1. The number of hydrogen-bond donors (Lipinski definition) is 0. The predicted molar refractivity (Wildman–Crippen MR) is 66.4 cm³/mol. The summed E-state index contributed by atoms with van der Waals surface area (Å²) in [7, 11) is 0. The van der Waals surface area contributed by atoms with Gasteiger partial charge in [0, 0.05) is 18.5 Å². The van der Waals surface area contributed by atoms with E-state index in [0.29, 0.717) is 17.7 Å². The van der Waals surface area contributed by atoms with E-state index in [-0.39, 0.29) is 0 Å². The molecule has 0 aromatic heterocycles. The molecule has 0 bridgehead atoms. The topological polar surface area (TPSA) is 20.3 Å². The molecule has 0 amide bonds. The number of ketones is 1. The van der Waals surface area contributed by atoms with E-state index in [2.05, 4.69) is 18.7 Å². The molecular weight excluding hydrogens is 198 g/mol. The average molecular weight is 223 g/mol. The number of hydrogen-bond acceptors (Lipinski definition) is 2. The van der Waals surface area contributed by atoms with Crippen molar-refractivity contribution in [2.24, 2.45) is 11.8 Å². The standard InChI is InChI=1S/C14H25NO/c1-11-7-8-12(2)15(9-11)10-14(16)13-5-3-4-6-13/h11-13H,3-10H2,1-2H3. The van der Waals surface area contributed by atoms with Crippen molar-refractivity contribution in [1.82, 2.24) is 4.90 Å². The monoisotopic (exact) mass is 223 g/mol. The third kappa shape index (κ3) is 2.85. The Balaban J connectivity index is 1.84. The zero-order valence-electron chi connectivity index (χ0n) is 10.7. The largest absolute Gasteiger partial charge is 0.298 e. The summed E-state index contributed by atoms with van der Waals surface area (Å²) >= 11 is 0. The highest BCUT2D eigenvalue weighted by atomic mass is 16.1. The number of nitrogens with zero attached hydrogens (tertiary/aromatic N) is 1. The van der Waals surface area contributed by atoms with Crippen LogP contribution in [-0.2, 0) is 4.79 Å². The lowest BCUT2D eigenvalue weighted by Crippen LogP contribution is -2.44. The molecule has 0 aromatic rings. The summed E-state index contributed by atoms with van der Waals surface area (Å²) < 4.78 is 0. The Hall–Kier alpha value is -0.370. The summed E-state index contributed by atoms with van der Waals surface area (Å²) in [4.78, 5) is 14.5. The second kappa shape index (κ2) is 5.31. The molecule has 0 radical (unpaired) electrons. The van der Waals surface area contributed by atoms with E-state index in [1.165, 1.54) is 25.7 Å². The molecule has 0 aromatic carbocycles. The summed E-state index contributed by atoms with van der Waals surface area (Å²) in [5.41, 5.74) is 0. The predicted octanol–water partition coefficient (Wildman–Crippen LogP) is 2.87. The fourth-order valence-electron chi connectivity index (χ4n) is 3.18. The van der Waals surface area contributed by atoms with Crippen LogP contribution < -0.4 is 0 Å². The Bertz CT molecular complexity index is 245. The average Bonchev–Trinajstić information content (AvgIpc) is 2.76. The van der Waals surface area contributed by atoms with Gasteiger partial charge < -0.3 is 0 Å². The summed E-state index contributed by atoms with van der Waals surface area (Å²) in [6, 6.07) is 0.613. The highest BCUT2D eigenvalue weighted by Crippen LogP contribution is 2.27. The van der Waals surface area contributed by atoms with E-state index in [1.807, 2.05) is 0 Å². The zero-order chi connectivity index (χ0) is 11.5. The molecule has 1 heterocycles. The maximum atomic E-state index is 12.1. The first-order chi connectivity index (χ1) is 7.66. The second-order valence-corrected chi connectivity index (χ2v) is 5.91. The maximum absolute atomic E-state index is 12.1. The van der Waals surface area contributed by atoms with E-state index in [1.54, 1.807) is 0 Å². The van der Waals surface area contributed by atoms with Gasteiger partial charge in [-0.3, -0.25) is 9.69 Å². The fraction of sp³-hybridized carbons (Fsp3) is 0.929. The van der Waals surface area contributed by atoms with Gasteiger partial charge in [-0.2, -0.15) is 0 Å². The van der Waals surface area contributed by atoms with Gasteiger partial charge in [-0.1, -0.05) is 19.8 Å². The minimum Gasteiger partial charge on any atom is -0.298 e. The normalized spacial score (nSPS) is 33.1. The third-order valence-corrected chi connectivity index (χ3v) is 4.42. The van der Waals surface area contributed by atoms with Crippen molar-refractivity contribution in [2.75, 3.05) is 13.1 Å².